The number of aryl methyl sites for hydroxylation is 1. The lowest BCUT2D eigenvalue weighted by atomic mass is 10.2. The van der Waals surface area contributed by atoms with Crippen molar-refractivity contribution in [2.45, 2.75) is 6.92 Å². The first-order valence-corrected chi connectivity index (χ1v) is 3.91. The Morgan fingerprint density at radius 2 is 2.40 bits per heavy atom. The first-order chi connectivity index (χ1) is 4.84. The van der Waals surface area contributed by atoms with E-state index in [4.69, 9.17) is 5.11 Å². The maximum atomic E-state index is 8.39. The second-order valence-electron chi connectivity index (χ2n) is 1.93. The largest absolute Gasteiger partial charge is 0.384 e. The van der Waals surface area contributed by atoms with Crippen molar-refractivity contribution in [3.8, 4) is 11.8 Å². The Morgan fingerprint density at radius 3 is 2.90 bits per heavy atom. The number of thiophene rings is 1. The minimum absolute atomic E-state index is 0.0602. The number of hydrogen-bond donors (Lipinski definition) is 1. The molecule has 52 valence electrons. The van der Waals surface area contributed by atoms with Crippen LogP contribution in [0.3, 0.4) is 0 Å². The molecule has 0 bridgehead atoms. The van der Waals surface area contributed by atoms with Crippen LogP contribution >= 0.6 is 11.3 Å². The van der Waals surface area contributed by atoms with Gasteiger partial charge in [-0.25, -0.2) is 0 Å². The third-order valence-electron chi connectivity index (χ3n) is 1.16. The van der Waals surface area contributed by atoms with Crippen molar-refractivity contribution in [2.24, 2.45) is 0 Å². The second kappa shape index (κ2) is 3.40. The quantitative estimate of drug-likeness (QED) is 0.557. The summed E-state index contributed by atoms with van der Waals surface area (Å²) in [4.78, 5) is 0. The van der Waals surface area contributed by atoms with Crippen LogP contribution < -0.4 is 0 Å². The van der Waals surface area contributed by atoms with Crippen molar-refractivity contribution in [3.63, 3.8) is 0 Å². The van der Waals surface area contributed by atoms with Gasteiger partial charge in [-0.15, -0.1) is 0 Å². The Hall–Kier alpha value is -0.780. The van der Waals surface area contributed by atoms with Gasteiger partial charge >= 0.3 is 0 Å². The minimum Gasteiger partial charge on any atom is -0.384 e. The summed E-state index contributed by atoms with van der Waals surface area (Å²) < 4.78 is 0. The average molecular weight is 152 g/mol. The summed E-state index contributed by atoms with van der Waals surface area (Å²) in [6.07, 6.45) is 0. The first-order valence-electron chi connectivity index (χ1n) is 2.97. The molecule has 1 aromatic rings. The molecule has 0 unspecified atom stereocenters. The monoisotopic (exact) mass is 152 g/mol. The summed E-state index contributed by atoms with van der Waals surface area (Å²) >= 11 is 1.63. The SMILES string of the molecule is Cc1cscc1C#CCO. The van der Waals surface area contributed by atoms with E-state index in [1.807, 2.05) is 17.7 Å². The molecule has 0 atom stereocenters. The van der Waals surface area contributed by atoms with Crippen molar-refractivity contribution < 1.29 is 5.11 Å². The van der Waals surface area contributed by atoms with Crippen LogP contribution in [0.1, 0.15) is 11.1 Å². The highest BCUT2D eigenvalue weighted by Gasteiger charge is 1.91. The van der Waals surface area contributed by atoms with E-state index in [9.17, 15) is 0 Å². The normalized spacial score (nSPS) is 8.60. The van der Waals surface area contributed by atoms with Crippen LogP contribution in [0, 0.1) is 18.8 Å². The molecule has 0 aliphatic rings. The predicted molar refractivity (Wildman–Crippen MR) is 43.0 cm³/mol. The fourth-order valence-electron chi connectivity index (χ4n) is 0.623. The molecule has 0 amide bonds. The Bertz CT molecular complexity index is 264. The number of aliphatic hydroxyl groups excluding tert-OH is 1. The average Bonchev–Trinajstić information content (AvgIpc) is 2.31. The van der Waals surface area contributed by atoms with Crippen molar-refractivity contribution in [2.75, 3.05) is 6.61 Å². The zero-order valence-electron chi connectivity index (χ0n) is 5.72. The molecule has 1 heterocycles. The molecular weight excluding hydrogens is 144 g/mol. The molecule has 1 aromatic heterocycles. The number of hydrogen-bond acceptors (Lipinski definition) is 2. The molecule has 0 saturated carbocycles. The molecule has 0 saturated heterocycles. The van der Waals surface area contributed by atoms with E-state index in [-0.39, 0.29) is 6.61 Å². The van der Waals surface area contributed by atoms with Crippen LogP contribution in [0.4, 0.5) is 0 Å². The molecule has 10 heavy (non-hydrogen) atoms. The van der Waals surface area contributed by atoms with Gasteiger partial charge in [-0.3, -0.25) is 0 Å². The summed E-state index contributed by atoms with van der Waals surface area (Å²) in [5.41, 5.74) is 2.21. The van der Waals surface area contributed by atoms with Gasteiger partial charge in [0.2, 0.25) is 0 Å². The molecule has 0 aliphatic heterocycles. The third-order valence-corrected chi connectivity index (χ3v) is 2.02. The summed E-state index contributed by atoms with van der Waals surface area (Å²) in [5, 5.41) is 12.4. The lowest BCUT2D eigenvalue weighted by Crippen LogP contribution is -1.74. The summed E-state index contributed by atoms with van der Waals surface area (Å²) in [5.74, 6) is 5.46. The lowest BCUT2D eigenvalue weighted by Gasteiger charge is -1.82. The van der Waals surface area contributed by atoms with Crippen LogP contribution in [0.25, 0.3) is 0 Å². The fourth-order valence-corrected chi connectivity index (χ4v) is 1.40. The van der Waals surface area contributed by atoms with Crippen LogP contribution in [-0.2, 0) is 0 Å². The van der Waals surface area contributed by atoms with Gasteiger partial charge in [-0.1, -0.05) is 11.8 Å². The Kier molecular flexibility index (Phi) is 2.49. The highest BCUT2D eigenvalue weighted by atomic mass is 32.1. The van der Waals surface area contributed by atoms with Gasteiger partial charge in [0, 0.05) is 10.9 Å². The molecule has 1 rings (SSSR count). The maximum Gasteiger partial charge on any atom is 0.104 e. The van der Waals surface area contributed by atoms with Crippen LogP contribution in [0.15, 0.2) is 10.8 Å². The van der Waals surface area contributed by atoms with Gasteiger partial charge in [-0.2, -0.15) is 11.3 Å². The molecule has 0 aliphatic carbocycles. The van der Waals surface area contributed by atoms with Crippen molar-refractivity contribution in [1.82, 2.24) is 0 Å². The van der Waals surface area contributed by atoms with Crippen LogP contribution in [0.2, 0.25) is 0 Å². The van der Waals surface area contributed by atoms with Crippen molar-refractivity contribution >= 4 is 11.3 Å². The molecular formula is C8H8OS. The molecule has 0 radical (unpaired) electrons. The van der Waals surface area contributed by atoms with Gasteiger partial charge in [0.25, 0.3) is 0 Å². The van der Waals surface area contributed by atoms with E-state index in [0.29, 0.717) is 0 Å². The molecule has 2 heteroatoms. The molecule has 0 aromatic carbocycles. The zero-order valence-corrected chi connectivity index (χ0v) is 6.53. The third kappa shape index (κ3) is 1.60. The molecule has 0 fully saturated rings. The highest BCUT2D eigenvalue weighted by Crippen LogP contribution is 2.11. The van der Waals surface area contributed by atoms with Crippen molar-refractivity contribution in [3.05, 3.63) is 21.9 Å². The van der Waals surface area contributed by atoms with Gasteiger partial charge in [0.1, 0.15) is 6.61 Å². The fraction of sp³-hybridized carbons (Fsp3) is 0.250. The van der Waals surface area contributed by atoms with Gasteiger partial charge < -0.3 is 5.11 Å². The topological polar surface area (TPSA) is 20.2 Å². The van der Waals surface area contributed by atoms with Gasteiger partial charge in [0.05, 0.1) is 0 Å². The van der Waals surface area contributed by atoms with Gasteiger partial charge in [-0.05, 0) is 17.9 Å². The van der Waals surface area contributed by atoms with E-state index < -0.39 is 0 Å². The Morgan fingerprint density at radius 1 is 1.60 bits per heavy atom. The van der Waals surface area contributed by atoms with E-state index in [2.05, 4.69) is 11.8 Å². The molecule has 1 N–H and O–H groups in total. The van der Waals surface area contributed by atoms with E-state index >= 15 is 0 Å². The number of aliphatic hydroxyl groups is 1. The Labute approximate surface area is 64.3 Å². The highest BCUT2D eigenvalue weighted by molar-refractivity contribution is 7.08. The Balaban J connectivity index is 2.84. The number of rotatable bonds is 0. The van der Waals surface area contributed by atoms with Crippen molar-refractivity contribution in [1.29, 1.82) is 0 Å². The van der Waals surface area contributed by atoms with E-state index in [1.165, 1.54) is 5.56 Å². The summed E-state index contributed by atoms with van der Waals surface area (Å²) in [6.45, 7) is 1.95. The minimum atomic E-state index is -0.0602. The summed E-state index contributed by atoms with van der Waals surface area (Å²) in [6, 6.07) is 0. The maximum absolute atomic E-state index is 8.39. The van der Waals surface area contributed by atoms with Crippen LogP contribution in [0.5, 0.6) is 0 Å². The predicted octanol–water partition coefficient (Wildman–Crippen LogP) is 1.40. The van der Waals surface area contributed by atoms with Gasteiger partial charge in [0.15, 0.2) is 0 Å². The zero-order chi connectivity index (χ0) is 7.40. The second-order valence-corrected chi connectivity index (χ2v) is 2.67. The van der Waals surface area contributed by atoms with Crippen LogP contribution in [-0.4, -0.2) is 11.7 Å². The van der Waals surface area contributed by atoms with E-state index in [0.717, 1.165) is 5.56 Å². The smallest absolute Gasteiger partial charge is 0.104 e. The standard InChI is InChI=1S/C8H8OS/c1-7-5-10-6-8(7)3-2-4-9/h5-6,9H,4H2,1H3. The first kappa shape index (κ1) is 7.33. The molecule has 1 nitrogen and oxygen atoms in total. The lowest BCUT2D eigenvalue weighted by molar-refractivity contribution is 0.350. The summed E-state index contributed by atoms with van der Waals surface area (Å²) in [7, 11) is 0. The molecule has 0 spiro atoms. The van der Waals surface area contributed by atoms with E-state index in [1.54, 1.807) is 11.3 Å².